The molecule has 0 bridgehead atoms. The number of hydrogen-bond acceptors (Lipinski definition) is 4. The molecule has 0 aliphatic rings. The van der Waals surface area contributed by atoms with E-state index in [0.29, 0.717) is 27.9 Å². The van der Waals surface area contributed by atoms with Gasteiger partial charge in [-0.15, -0.1) is 0 Å². The molecule has 0 atom stereocenters. The van der Waals surface area contributed by atoms with Crippen molar-refractivity contribution in [2.45, 2.75) is 40.2 Å². The van der Waals surface area contributed by atoms with Crippen LogP contribution in [0.3, 0.4) is 0 Å². The van der Waals surface area contributed by atoms with E-state index in [1.807, 2.05) is 13.8 Å². The Hall–Kier alpha value is -1.85. The molecule has 1 amide bonds. The van der Waals surface area contributed by atoms with E-state index in [0.717, 1.165) is 0 Å². The largest absolute Gasteiger partial charge is 0.444 e. The minimum absolute atomic E-state index is 0.220. The van der Waals surface area contributed by atoms with E-state index in [4.69, 9.17) is 27.9 Å². The van der Waals surface area contributed by atoms with Gasteiger partial charge >= 0.3 is 6.09 Å². The number of nitrogens with zero attached hydrogens (tertiary/aromatic N) is 1. The Morgan fingerprint density at radius 1 is 1.25 bits per heavy atom. The highest BCUT2D eigenvalue weighted by Gasteiger charge is 2.19. The van der Waals surface area contributed by atoms with Crippen LogP contribution in [0, 0.1) is 0 Å². The predicted molar refractivity (Wildman–Crippen MR) is 98.4 cm³/mol. The molecular weight excluding hydrogens is 351 g/mol. The number of pyridine rings is 1. The number of carbonyl (C=O) groups excluding carboxylic acids is 2. The van der Waals surface area contributed by atoms with Crippen LogP contribution in [-0.2, 0) is 4.74 Å². The number of halogens is 2. The van der Waals surface area contributed by atoms with Crippen LogP contribution in [0.15, 0.2) is 18.2 Å². The first-order valence-electron chi connectivity index (χ1n) is 7.45. The third-order valence-corrected chi connectivity index (χ3v) is 3.45. The van der Waals surface area contributed by atoms with E-state index in [1.165, 1.54) is 12.1 Å². The summed E-state index contributed by atoms with van der Waals surface area (Å²) in [6.07, 6.45) is -0.0374. The Morgan fingerprint density at radius 3 is 2.42 bits per heavy atom. The third kappa shape index (κ3) is 5.08. The maximum atomic E-state index is 11.9. The van der Waals surface area contributed by atoms with Gasteiger partial charge in [0.25, 0.3) is 0 Å². The van der Waals surface area contributed by atoms with Crippen molar-refractivity contribution in [2.75, 3.05) is 5.32 Å². The van der Waals surface area contributed by atoms with E-state index in [-0.39, 0.29) is 10.7 Å². The molecule has 0 aliphatic heterocycles. The topological polar surface area (TPSA) is 68.3 Å². The van der Waals surface area contributed by atoms with Crippen molar-refractivity contribution < 1.29 is 14.3 Å². The lowest BCUT2D eigenvalue weighted by atomic mass is 10.1. The molecule has 1 aromatic heterocycles. The van der Waals surface area contributed by atoms with Crippen molar-refractivity contribution in [1.29, 1.82) is 0 Å². The van der Waals surface area contributed by atoms with E-state index < -0.39 is 11.7 Å². The third-order valence-electron chi connectivity index (χ3n) is 2.65. The molecule has 2 rings (SSSR count). The molecule has 24 heavy (non-hydrogen) atoms. The number of carbonyl (C=O) groups is 2. The van der Waals surface area contributed by atoms with Gasteiger partial charge in [-0.2, -0.15) is 0 Å². The summed E-state index contributed by atoms with van der Waals surface area (Å²) in [5.74, 6) is 0. The van der Waals surface area contributed by atoms with Gasteiger partial charge in [-0.05, 0) is 39.0 Å². The summed E-state index contributed by atoms with van der Waals surface area (Å²) >= 11 is 12.2. The maximum absolute atomic E-state index is 11.9. The fourth-order valence-electron chi connectivity index (χ4n) is 1.82. The summed E-state index contributed by atoms with van der Waals surface area (Å²) in [7, 11) is 0. The minimum Gasteiger partial charge on any atom is -0.444 e. The zero-order valence-electron chi connectivity index (χ0n) is 14.2. The monoisotopic (exact) mass is 370 g/mol. The number of fused-ring (bicyclic) bond motifs is 1. The van der Waals surface area contributed by atoms with Gasteiger partial charge in [0.1, 0.15) is 11.3 Å². The minimum atomic E-state index is -0.648. The SMILES string of the molecule is CC.CC(C)(C)OC(=O)Nc1cc(Cl)c(Cl)c2ccc(C=O)nc12. The van der Waals surface area contributed by atoms with Crippen LogP contribution in [0.2, 0.25) is 10.0 Å². The van der Waals surface area contributed by atoms with E-state index in [2.05, 4.69) is 10.3 Å². The van der Waals surface area contributed by atoms with Crippen LogP contribution in [0.1, 0.15) is 45.1 Å². The smallest absolute Gasteiger partial charge is 0.412 e. The number of anilines is 1. The summed E-state index contributed by atoms with van der Waals surface area (Å²) in [4.78, 5) is 27.0. The van der Waals surface area contributed by atoms with Crippen LogP contribution in [0.4, 0.5) is 10.5 Å². The van der Waals surface area contributed by atoms with Crippen molar-refractivity contribution in [3.8, 4) is 0 Å². The van der Waals surface area contributed by atoms with Crippen LogP contribution in [0.5, 0.6) is 0 Å². The van der Waals surface area contributed by atoms with Crippen LogP contribution in [-0.4, -0.2) is 23.0 Å². The number of amides is 1. The molecule has 0 unspecified atom stereocenters. The van der Waals surface area contributed by atoms with E-state index in [9.17, 15) is 9.59 Å². The Kier molecular flexibility index (Phi) is 6.99. The molecule has 1 aromatic carbocycles. The highest BCUT2D eigenvalue weighted by atomic mass is 35.5. The van der Waals surface area contributed by atoms with Gasteiger partial charge in [0.05, 0.1) is 21.2 Å². The van der Waals surface area contributed by atoms with Crippen molar-refractivity contribution >= 4 is 52.2 Å². The Morgan fingerprint density at radius 2 is 1.88 bits per heavy atom. The molecule has 0 aliphatic carbocycles. The molecule has 0 saturated heterocycles. The van der Waals surface area contributed by atoms with Crippen LogP contribution in [0.25, 0.3) is 10.9 Å². The molecule has 1 heterocycles. The lowest BCUT2D eigenvalue weighted by Gasteiger charge is -2.20. The lowest BCUT2D eigenvalue weighted by Crippen LogP contribution is -2.27. The number of hydrogen-bond donors (Lipinski definition) is 1. The molecule has 0 saturated carbocycles. The first-order valence-corrected chi connectivity index (χ1v) is 8.21. The zero-order chi connectivity index (χ0) is 18.5. The number of aldehydes is 1. The summed E-state index contributed by atoms with van der Waals surface area (Å²) < 4.78 is 5.19. The fraction of sp³-hybridized carbons (Fsp3) is 0.353. The van der Waals surface area contributed by atoms with Gasteiger partial charge in [0.15, 0.2) is 6.29 Å². The highest BCUT2D eigenvalue weighted by Crippen LogP contribution is 2.35. The van der Waals surface area contributed by atoms with E-state index in [1.54, 1.807) is 26.8 Å². The molecule has 7 heteroatoms. The number of aromatic nitrogens is 1. The predicted octanol–water partition coefficient (Wildman–Crippen LogP) is 5.73. The average Bonchev–Trinajstić information content (AvgIpc) is 2.52. The van der Waals surface area contributed by atoms with Gasteiger partial charge in [-0.1, -0.05) is 37.0 Å². The summed E-state index contributed by atoms with van der Waals surface area (Å²) in [6, 6.07) is 4.62. The molecule has 5 nitrogen and oxygen atoms in total. The number of ether oxygens (including phenoxy) is 1. The second kappa shape index (κ2) is 8.31. The van der Waals surface area contributed by atoms with Gasteiger partial charge in [-0.3, -0.25) is 10.1 Å². The molecule has 0 radical (unpaired) electrons. The number of rotatable bonds is 2. The molecule has 0 fully saturated rings. The van der Waals surface area contributed by atoms with Crippen LogP contribution >= 0.6 is 23.2 Å². The average molecular weight is 371 g/mol. The van der Waals surface area contributed by atoms with Gasteiger partial charge in [0.2, 0.25) is 0 Å². The zero-order valence-corrected chi connectivity index (χ0v) is 15.7. The van der Waals surface area contributed by atoms with Crippen LogP contribution < -0.4 is 5.32 Å². The maximum Gasteiger partial charge on any atom is 0.412 e. The first kappa shape index (κ1) is 20.2. The second-order valence-electron chi connectivity index (χ2n) is 5.60. The van der Waals surface area contributed by atoms with Gasteiger partial charge in [0, 0.05) is 5.39 Å². The standard InChI is InChI=1S/C15H14Cl2N2O3.C2H6/c1-15(2,3)22-14(21)19-11-6-10(16)12(17)9-5-4-8(7-20)18-13(9)11;1-2/h4-7H,1-3H3,(H,19,21);1-2H3. The lowest BCUT2D eigenvalue weighted by molar-refractivity contribution is 0.0636. The van der Waals surface area contributed by atoms with Crippen molar-refractivity contribution in [3.05, 3.63) is 33.9 Å². The first-order chi connectivity index (χ1) is 11.2. The Balaban J connectivity index is 0.00000139. The molecule has 2 aromatic rings. The molecule has 0 spiro atoms. The Labute approximate surface area is 151 Å². The van der Waals surface area contributed by atoms with E-state index >= 15 is 0 Å². The van der Waals surface area contributed by atoms with Gasteiger partial charge < -0.3 is 4.74 Å². The molecular formula is C17H20Cl2N2O3. The second-order valence-corrected chi connectivity index (χ2v) is 6.38. The van der Waals surface area contributed by atoms with Gasteiger partial charge in [-0.25, -0.2) is 9.78 Å². The normalized spacial score (nSPS) is 10.6. The van der Waals surface area contributed by atoms with Crippen molar-refractivity contribution in [2.24, 2.45) is 0 Å². The van der Waals surface area contributed by atoms with Crippen molar-refractivity contribution in [3.63, 3.8) is 0 Å². The molecule has 1 N–H and O–H groups in total. The summed E-state index contributed by atoms with van der Waals surface area (Å²) in [5, 5.41) is 3.68. The summed E-state index contributed by atoms with van der Waals surface area (Å²) in [5.41, 5.74) is 0.266. The summed E-state index contributed by atoms with van der Waals surface area (Å²) in [6.45, 7) is 9.26. The highest BCUT2D eigenvalue weighted by molar-refractivity contribution is 6.45. The quantitative estimate of drug-likeness (QED) is 0.685. The van der Waals surface area contributed by atoms with Crippen molar-refractivity contribution in [1.82, 2.24) is 4.98 Å². The molecule has 130 valence electrons. The fourth-order valence-corrected chi connectivity index (χ4v) is 2.24. The Bertz CT molecular complexity index is 756. The number of nitrogens with one attached hydrogen (secondary N) is 1. The number of benzene rings is 1.